The molecule has 6 nitrogen and oxygen atoms in total. The van der Waals surface area contributed by atoms with Crippen LogP contribution in [0.3, 0.4) is 0 Å². The molecule has 1 amide bonds. The highest BCUT2D eigenvalue weighted by atomic mass is 35.5. The Hall–Kier alpha value is -2.73. The molecule has 0 spiro atoms. The molecule has 0 saturated heterocycles. The number of hydrogen-bond acceptors (Lipinski definition) is 4. The fourth-order valence-corrected chi connectivity index (χ4v) is 2.74. The molecule has 1 atom stereocenters. The lowest BCUT2D eigenvalue weighted by Crippen LogP contribution is -2.38. The molecule has 2 rings (SSSR count). The fraction of sp³-hybridized carbons (Fsp3) is 0.364. The molecule has 2 aromatic rings. The van der Waals surface area contributed by atoms with Gasteiger partial charge in [-0.2, -0.15) is 10.2 Å². The highest BCUT2D eigenvalue weighted by molar-refractivity contribution is 6.31. The van der Waals surface area contributed by atoms with Gasteiger partial charge >= 0.3 is 0 Å². The number of azo groups is 1. The molecule has 154 valence electrons. The van der Waals surface area contributed by atoms with Gasteiger partial charge in [-0.25, -0.2) is 0 Å². The van der Waals surface area contributed by atoms with Crippen molar-refractivity contribution in [3.63, 3.8) is 0 Å². The van der Waals surface area contributed by atoms with Crippen LogP contribution in [-0.2, 0) is 11.3 Å². The first-order valence-corrected chi connectivity index (χ1v) is 10.2. The number of nitrogens with one attached hydrogen (secondary N) is 1. The Morgan fingerprint density at radius 2 is 1.93 bits per heavy atom. The van der Waals surface area contributed by atoms with Crippen molar-refractivity contribution >= 4 is 29.0 Å². The molecular formula is C22H28ClN5O. The molecule has 7 heteroatoms. The molecule has 0 bridgehead atoms. The number of amides is 1. The summed E-state index contributed by atoms with van der Waals surface area (Å²) in [5.74, 6) is -0.228. The summed E-state index contributed by atoms with van der Waals surface area (Å²) in [6.45, 7) is 4.95. The smallest absolute Gasteiger partial charge is 0.258 e. The van der Waals surface area contributed by atoms with E-state index in [4.69, 9.17) is 17.3 Å². The minimum absolute atomic E-state index is 0.130. The number of carbonyl (C=O) groups excluding carboxylic acids is 1. The third-order valence-electron chi connectivity index (χ3n) is 4.30. The van der Waals surface area contributed by atoms with Gasteiger partial charge < -0.3 is 11.1 Å². The number of aliphatic imine (C=N–C) groups is 1. The van der Waals surface area contributed by atoms with Crippen LogP contribution in [0.25, 0.3) is 0 Å². The number of nitrogens with zero attached hydrogens (tertiary/aromatic N) is 3. The number of anilines is 1. The predicted octanol–water partition coefficient (Wildman–Crippen LogP) is 5.16. The van der Waals surface area contributed by atoms with Gasteiger partial charge in [-0.1, -0.05) is 61.7 Å². The van der Waals surface area contributed by atoms with Crippen molar-refractivity contribution in [3.05, 3.63) is 64.7 Å². The van der Waals surface area contributed by atoms with Crippen LogP contribution >= 0.6 is 11.6 Å². The van der Waals surface area contributed by atoms with Gasteiger partial charge in [0.25, 0.3) is 5.91 Å². The Kier molecular flexibility index (Phi) is 9.31. The van der Waals surface area contributed by atoms with Crippen molar-refractivity contribution in [2.45, 2.75) is 45.7 Å². The third kappa shape index (κ3) is 7.66. The first-order valence-electron chi connectivity index (χ1n) is 9.78. The van der Waals surface area contributed by atoms with Crippen molar-refractivity contribution in [2.75, 3.05) is 11.9 Å². The number of benzene rings is 2. The van der Waals surface area contributed by atoms with Crippen LogP contribution in [0.2, 0.25) is 5.02 Å². The van der Waals surface area contributed by atoms with Gasteiger partial charge in [0, 0.05) is 10.7 Å². The number of carbonyl (C=O) groups is 1. The summed E-state index contributed by atoms with van der Waals surface area (Å²) < 4.78 is 0. The lowest BCUT2D eigenvalue weighted by atomic mass is 10.1. The first kappa shape index (κ1) is 22.6. The highest BCUT2D eigenvalue weighted by Crippen LogP contribution is 2.17. The molecule has 29 heavy (non-hydrogen) atoms. The second-order valence-corrected chi connectivity index (χ2v) is 7.18. The van der Waals surface area contributed by atoms with E-state index in [-0.39, 0.29) is 11.7 Å². The molecule has 3 N–H and O–H groups in total. The number of halogens is 1. The van der Waals surface area contributed by atoms with E-state index in [2.05, 4.69) is 27.5 Å². The number of amidine groups is 1. The molecule has 2 aromatic carbocycles. The normalized spacial score (nSPS) is 12.9. The maximum absolute atomic E-state index is 12.7. The SMILES string of the molecule is CCCCC/N=N/C(C(=O)Nc1ccccc1)/C(N)=N/Cc1ccc(Cl)c(C)c1. The number of para-hydroxylation sites is 1. The Balaban J connectivity index is 2.12. The van der Waals surface area contributed by atoms with Gasteiger partial charge in [-0.05, 0) is 42.7 Å². The summed E-state index contributed by atoms with van der Waals surface area (Å²) in [5, 5.41) is 11.9. The molecule has 0 radical (unpaired) electrons. The average molecular weight is 414 g/mol. The second-order valence-electron chi connectivity index (χ2n) is 6.77. The highest BCUT2D eigenvalue weighted by Gasteiger charge is 2.22. The Morgan fingerprint density at radius 3 is 2.62 bits per heavy atom. The van der Waals surface area contributed by atoms with E-state index < -0.39 is 6.04 Å². The summed E-state index contributed by atoms with van der Waals surface area (Å²) in [4.78, 5) is 17.1. The van der Waals surface area contributed by atoms with Crippen LogP contribution in [0.5, 0.6) is 0 Å². The van der Waals surface area contributed by atoms with E-state index in [0.717, 1.165) is 30.4 Å². The summed E-state index contributed by atoms with van der Waals surface area (Å²) in [5.41, 5.74) is 8.73. The number of rotatable bonds is 10. The number of aryl methyl sites for hydroxylation is 1. The molecule has 0 aliphatic heterocycles. The van der Waals surface area contributed by atoms with Crippen LogP contribution in [0.1, 0.15) is 37.3 Å². The van der Waals surface area contributed by atoms with E-state index in [1.807, 2.05) is 43.3 Å². The number of nitrogens with two attached hydrogens (primary N) is 1. The average Bonchev–Trinajstić information content (AvgIpc) is 2.72. The summed E-state index contributed by atoms with van der Waals surface area (Å²) in [6, 6.07) is 13.9. The fourth-order valence-electron chi connectivity index (χ4n) is 2.62. The van der Waals surface area contributed by atoms with E-state index >= 15 is 0 Å². The zero-order valence-electron chi connectivity index (χ0n) is 16.9. The molecule has 0 heterocycles. The van der Waals surface area contributed by atoms with Gasteiger partial charge in [0.05, 0.1) is 13.1 Å². The summed E-state index contributed by atoms with van der Waals surface area (Å²) >= 11 is 6.06. The Labute approximate surface area is 177 Å². The topological polar surface area (TPSA) is 92.2 Å². The zero-order chi connectivity index (χ0) is 21.1. The summed E-state index contributed by atoms with van der Waals surface area (Å²) in [6.07, 6.45) is 3.09. The molecule has 0 aliphatic rings. The predicted molar refractivity (Wildman–Crippen MR) is 120 cm³/mol. The van der Waals surface area contributed by atoms with Crippen molar-refractivity contribution in [1.82, 2.24) is 0 Å². The number of unbranched alkanes of at least 4 members (excludes halogenated alkanes) is 2. The van der Waals surface area contributed by atoms with Gasteiger partial charge in [0.2, 0.25) is 6.04 Å². The monoisotopic (exact) mass is 413 g/mol. The minimum Gasteiger partial charge on any atom is -0.385 e. The van der Waals surface area contributed by atoms with E-state index in [1.165, 1.54) is 0 Å². The van der Waals surface area contributed by atoms with Crippen LogP contribution < -0.4 is 11.1 Å². The molecule has 0 aliphatic carbocycles. The van der Waals surface area contributed by atoms with Gasteiger partial charge in [0.15, 0.2) is 0 Å². The zero-order valence-corrected chi connectivity index (χ0v) is 17.7. The van der Waals surface area contributed by atoms with E-state index in [0.29, 0.717) is 23.8 Å². The maximum atomic E-state index is 12.7. The quantitative estimate of drug-likeness (QED) is 0.244. The Morgan fingerprint density at radius 1 is 1.17 bits per heavy atom. The first-order chi connectivity index (χ1) is 14.0. The molecule has 1 unspecified atom stereocenters. The van der Waals surface area contributed by atoms with Crippen LogP contribution in [0.15, 0.2) is 63.8 Å². The van der Waals surface area contributed by atoms with Crippen molar-refractivity contribution in [1.29, 1.82) is 0 Å². The summed E-state index contributed by atoms with van der Waals surface area (Å²) in [7, 11) is 0. The van der Waals surface area contributed by atoms with E-state index in [1.54, 1.807) is 12.1 Å². The van der Waals surface area contributed by atoms with Crippen LogP contribution in [0.4, 0.5) is 5.69 Å². The Bertz CT molecular complexity index is 852. The second kappa shape index (κ2) is 12.0. The largest absolute Gasteiger partial charge is 0.385 e. The maximum Gasteiger partial charge on any atom is 0.258 e. The molecule has 0 aromatic heterocycles. The van der Waals surface area contributed by atoms with Gasteiger partial charge in [-0.3, -0.25) is 9.79 Å². The van der Waals surface area contributed by atoms with Crippen molar-refractivity contribution < 1.29 is 4.79 Å². The van der Waals surface area contributed by atoms with E-state index in [9.17, 15) is 4.79 Å². The third-order valence-corrected chi connectivity index (χ3v) is 4.72. The molecule has 0 fully saturated rings. The lowest BCUT2D eigenvalue weighted by molar-refractivity contribution is -0.116. The minimum atomic E-state index is -0.967. The molecular weight excluding hydrogens is 386 g/mol. The van der Waals surface area contributed by atoms with Crippen LogP contribution in [0, 0.1) is 6.92 Å². The van der Waals surface area contributed by atoms with Crippen molar-refractivity contribution in [2.24, 2.45) is 21.0 Å². The standard InChI is InChI=1S/C22H28ClN5O/c1-3-4-8-13-26-28-20(22(29)27-18-9-6-5-7-10-18)21(24)25-15-17-11-12-19(23)16(2)14-17/h5-7,9-12,14,20H,3-4,8,13,15H2,1-2H3,(H2,24,25)(H,27,29)/b28-26+. The van der Waals surface area contributed by atoms with Gasteiger partial charge in [0.1, 0.15) is 5.84 Å². The molecule has 0 saturated carbocycles. The van der Waals surface area contributed by atoms with Crippen molar-refractivity contribution in [3.8, 4) is 0 Å². The number of hydrogen-bond donors (Lipinski definition) is 2. The lowest BCUT2D eigenvalue weighted by Gasteiger charge is -2.12. The van der Waals surface area contributed by atoms with Gasteiger partial charge in [-0.15, -0.1) is 0 Å². The van der Waals surface area contributed by atoms with Crippen LogP contribution in [-0.4, -0.2) is 24.3 Å².